The van der Waals surface area contributed by atoms with Crippen molar-refractivity contribution in [3.8, 4) is 0 Å². The Kier molecular flexibility index (Phi) is 9.56. The van der Waals surface area contributed by atoms with E-state index in [-0.39, 0.29) is 17.3 Å². The van der Waals surface area contributed by atoms with Gasteiger partial charge in [0.2, 0.25) is 15.9 Å². The van der Waals surface area contributed by atoms with Gasteiger partial charge in [0.05, 0.1) is 4.90 Å². The van der Waals surface area contributed by atoms with Crippen molar-refractivity contribution in [2.45, 2.75) is 55.9 Å². The molecule has 0 spiro atoms. The van der Waals surface area contributed by atoms with E-state index in [1.165, 1.54) is 31.4 Å². The Morgan fingerprint density at radius 1 is 1.10 bits per heavy atom. The summed E-state index contributed by atoms with van der Waals surface area (Å²) in [5.41, 5.74) is 0. The van der Waals surface area contributed by atoms with E-state index in [1.807, 2.05) is 0 Å². The summed E-state index contributed by atoms with van der Waals surface area (Å²) in [4.78, 5) is 23.3. The minimum atomic E-state index is -3.97. The molecule has 2 rings (SSSR count). The summed E-state index contributed by atoms with van der Waals surface area (Å²) in [6.07, 6.45) is 6.72. The highest BCUT2D eigenvalue weighted by Crippen LogP contribution is 2.19. The van der Waals surface area contributed by atoms with Crippen LogP contribution in [0.5, 0.6) is 0 Å². The molecule has 0 bridgehead atoms. The molecule has 1 aliphatic heterocycles. The van der Waals surface area contributed by atoms with Crippen LogP contribution in [-0.2, 0) is 19.6 Å². The Morgan fingerprint density at radius 3 is 2.45 bits per heavy atom. The molecular weight excluding hydrogens is 394 g/mol. The van der Waals surface area contributed by atoms with Gasteiger partial charge in [-0.25, -0.2) is 8.42 Å². The first-order chi connectivity index (χ1) is 13.9. The fourth-order valence-corrected chi connectivity index (χ4v) is 4.61. The number of piperidine rings is 1. The molecule has 4 N–H and O–H groups in total. The maximum Gasteiger partial charge on any atom is 0.323 e. The van der Waals surface area contributed by atoms with Crippen LogP contribution in [0.4, 0.5) is 0 Å². The highest BCUT2D eigenvalue weighted by Gasteiger charge is 2.25. The quantitative estimate of drug-likeness (QED) is 0.376. The molecule has 0 radical (unpaired) electrons. The first-order valence-corrected chi connectivity index (χ1v) is 11.6. The number of rotatable bonds is 12. The lowest BCUT2D eigenvalue weighted by Crippen LogP contribution is -2.48. The van der Waals surface area contributed by atoms with Crippen LogP contribution in [0.15, 0.2) is 35.2 Å². The SMILES string of the molecule is O=C(CCCCCC1CCNCC1)NCC(NS(=O)(=O)c1ccccc1)C(=O)O. The predicted molar refractivity (Wildman–Crippen MR) is 110 cm³/mol. The van der Waals surface area contributed by atoms with E-state index in [2.05, 4.69) is 15.4 Å². The zero-order valence-corrected chi connectivity index (χ0v) is 17.4. The van der Waals surface area contributed by atoms with Crippen LogP contribution in [-0.4, -0.2) is 51.1 Å². The average molecular weight is 426 g/mol. The predicted octanol–water partition coefficient (Wildman–Crippen LogP) is 1.48. The number of aliphatic carboxylic acids is 1. The van der Waals surface area contributed by atoms with Gasteiger partial charge in [-0.2, -0.15) is 4.72 Å². The Hall–Kier alpha value is -1.97. The molecule has 162 valence electrons. The number of carbonyl (C=O) groups excluding carboxylic acids is 1. The molecule has 1 aromatic rings. The fourth-order valence-electron chi connectivity index (χ4n) is 3.40. The summed E-state index contributed by atoms with van der Waals surface area (Å²) in [5.74, 6) is -0.831. The van der Waals surface area contributed by atoms with Crippen molar-refractivity contribution in [1.29, 1.82) is 0 Å². The van der Waals surface area contributed by atoms with Gasteiger partial charge in [0.1, 0.15) is 6.04 Å². The Morgan fingerprint density at radius 2 is 1.79 bits per heavy atom. The second-order valence-electron chi connectivity index (χ2n) is 7.42. The van der Waals surface area contributed by atoms with E-state index in [1.54, 1.807) is 18.2 Å². The summed E-state index contributed by atoms with van der Waals surface area (Å²) >= 11 is 0. The van der Waals surface area contributed by atoms with Gasteiger partial charge >= 0.3 is 5.97 Å². The van der Waals surface area contributed by atoms with Gasteiger partial charge in [-0.15, -0.1) is 0 Å². The maximum atomic E-state index is 12.3. The van der Waals surface area contributed by atoms with E-state index < -0.39 is 22.0 Å². The van der Waals surface area contributed by atoms with Crippen LogP contribution in [0.2, 0.25) is 0 Å². The lowest BCUT2D eigenvalue weighted by molar-refractivity contribution is -0.138. The monoisotopic (exact) mass is 425 g/mol. The van der Waals surface area contributed by atoms with Crippen LogP contribution in [0.1, 0.15) is 44.9 Å². The Labute approximate surface area is 172 Å². The third kappa shape index (κ3) is 8.51. The molecule has 1 unspecified atom stereocenters. The summed E-state index contributed by atoms with van der Waals surface area (Å²) < 4.78 is 26.7. The van der Waals surface area contributed by atoms with Crippen LogP contribution >= 0.6 is 0 Å². The molecule has 1 amide bonds. The van der Waals surface area contributed by atoms with Crippen LogP contribution < -0.4 is 15.4 Å². The lowest BCUT2D eigenvalue weighted by Gasteiger charge is -2.22. The van der Waals surface area contributed by atoms with Crippen molar-refractivity contribution in [3.63, 3.8) is 0 Å². The van der Waals surface area contributed by atoms with Crippen LogP contribution in [0, 0.1) is 5.92 Å². The number of carboxylic acids is 1. The third-order valence-corrected chi connectivity index (χ3v) is 6.61. The zero-order valence-electron chi connectivity index (χ0n) is 16.6. The molecule has 0 aromatic heterocycles. The van der Waals surface area contributed by atoms with Crippen molar-refractivity contribution >= 4 is 21.9 Å². The summed E-state index contributed by atoms with van der Waals surface area (Å²) in [5, 5.41) is 15.2. The smallest absolute Gasteiger partial charge is 0.323 e. The van der Waals surface area contributed by atoms with Gasteiger partial charge < -0.3 is 15.7 Å². The summed E-state index contributed by atoms with van der Waals surface area (Å²) in [6, 6.07) is 6.10. The van der Waals surface area contributed by atoms with Crippen molar-refractivity contribution in [2.75, 3.05) is 19.6 Å². The minimum Gasteiger partial charge on any atom is -0.480 e. The maximum absolute atomic E-state index is 12.3. The zero-order chi connectivity index (χ0) is 21.1. The van der Waals surface area contributed by atoms with Gasteiger partial charge in [0.15, 0.2) is 0 Å². The molecule has 1 fully saturated rings. The van der Waals surface area contributed by atoms with Gasteiger partial charge in [-0.3, -0.25) is 9.59 Å². The first-order valence-electron chi connectivity index (χ1n) is 10.2. The molecule has 1 atom stereocenters. The largest absolute Gasteiger partial charge is 0.480 e. The molecule has 1 aromatic carbocycles. The molecule has 1 saturated heterocycles. The number of amides is 1. The number of hydrogen-bond donors (Lipinski definition) is 4. The fraction of sp³-hybridized carbons (Fsp3) is 0.600. The molecule has 1 heterocycles. The normalized spacial score (nSPS) is 16.3. The molecule has 0 saturated carbocycles. The average Bonchev–Trinajstić information content (AvgIpc) is 2.72. The van der Waals surface area contributed by atoms with E-state index in [4.69, 9.17) is 0 Å². The molecule has 0 aliphatic carbocycles. The highest BCUT2D eigenvalue weighted by molar-refractivity contribution is 7.89. The Bertz CT molecular complexity index is 749. The van der Waals surface area contributed by atoms with Gasteiger partial charge in [-0.1, -0.05) is 37.5 Å². The number of nitrogens with one attached hydrogen (secondary N) is 3. The topological polar surface area (TPSA) is 125 Å². The van der Waals surface area contributed by atoms with Crippen molar-refractivity contribution in [1.82, 2.24) is 15.4 Å². The standard InChI is InChI=1S/C20H31N3O5S/c24-19(10-6-1-3-7-16-11-13-21-14-12-16)22-15-18(20(25)26)23-29(27,28)17-8-4-2-5-9-17/h2,4-5,8-9,16,18,21,23H,1,3,6-7,10-15H2,(H,22,24)(H,25,26). The van der Waals surface area contributed by atoms with Crippen molar-refractivity contribution in [3.05, 3.63) is 30.3 Å². The number of unbranched alkanes of at least 4 members (excludes halogenated alkanes) is 2. The second kappa shape index (κ2) is 11.9. The van der Waals surface area contributed by atoms with E-state index in [0.717, 1.165) is 38.3 Å². The van der Waals surface area contributed by atoms with Gasteiger partial charge in [0.25, 0.3) is 0 Å². The van der Waals surface area contributed by atoms with Gasteiger partial charge in [-0.05, 0) is 50.4 Å². The minimum absolute atomic E-state index is 0.0219. The van der Waals surface area contributed by atoms with Crippen molar-refractivity contribution < 1.29 is 23.1 Å². The molecular formula is C20H31N3O5S. The first kappa shape index (κ1) is 23.3. The Balaban J connectivity index is 1.68. The number of benzene rings is 1. The lowest BCUT2D eigenvalue weighted by atomic mass is 9.92. The van der Waals surface area contributed by atoms with Crippen molar-refractivity contribution in [2.24, 2.45) is 5.92 Å². The van der Waals surface area contributed by atoms with Crippen LogP contribution in [0.25, 0.3) is 0 Å². The molecule has 9 heteroatoms. The summed E-state index contributed by atoms with van der Waals surface area (Å²) in [6.45, 7) is 1.88. The number of hydrogen-bond acceptors (Lipinski definition) is 5. The third-order valence-electron chi connectivity index (χ3n) is 5.13. The number of carbonyl (C=O) groups is 2. The van der Waals surface area contributed by atoms with E-state index in [9.17, 15) is 23.1 Å². The molecule has 1 aliphatic rings. The highest BCUT2D eigenvalue weighted by atomic mass is 32.2. The number of carboxylic acid groups (broad SMARTS) is 1. The van der Waals surface area contributed by atoms with E-state index >= 15 is 0 Å². The van der Waals surface area contributed by atoms with Gasteiger partial charge in [0, 0.05) is 13.0 Å². The second-order valence-corrected chi connectivity index (χ2v) is 9.14. The molecule has 29 heavy (non-hydrogen) atoms. The van der Waals surface area contributed by atoms with E-state index in [0.29, 0.717) is 6.42 Å². The molecule has 8 nitrogen and oxygen atoms in total. The van der Waals surface area contributed by atoms with Crippen LogP contribution in [0.3, 0.4) is 0 Å². The number of sulfonamides is 1. The summed E-state index contributed by atoms with van der Waals surface area (Å²) in [7, 11) is -3.97.